The Bertz CT molecular complexity index is 1170. The number of benzene rings is 3. The minimum atomic E-state index is -0.360. The largest absolute Gasteiger partial charge is 0.497 e. The smallest absolute Gasteiger partial charge is 0.294 e. The van der Waals surface area contributed by atoms with E-state index < -0.39 is 0 Å². The van der Waals surface area contributed by atoms with Crippen molar-refractivity contribution in [2.45, 2.75) is 25.8 Å². The van der Waals surface area contributed by atoms with Crippen molar-refractivity contribution in [1.29, 1.82) is 0 Å². The summed E-state index contributed by atoms with van der Waals surface area (Å²) in [6, 6.07) is 24.7. The molecular weight excluding hydrogens is 428 g/mol. The highest BCUT2D eigenvalue weighted by atomic mass is 16.5. The highest BCUT2D eigenvalue weighted by Crippen LogP contribution is 2.35. The Labute approximate surface area is 199 Å². The van der Waals surface area contributed by atoms with Gasteiger partial charge in [-0.05, 0) is 61.2 Å². The molecule has 1 aliphatic rings. The molecule has 6 heteroatoms. The molecule has 0 spiro atoms. The van der Waals surface area contributed by atoms with Gasteiger partial charge in [0.15, 0.2) is 11.5 Å². The molecule has 3 aromatic rings. The molecule has 0 fully saturated rings. The summed E-state index contributed by atoms with van der Waals surface area (Å²) in [4.78, 5) is 27.6. The van der Waals surface area contributed by atoms with E-state index in [9.17, 15) is 9.59 Å². The summed E-state index contributed by atoms with van der Waals surface area (Å²) in [6.07, 6.45) is 3.35. The number of methoxy groups -OCH3 is 1. The summed E-state index contributed by atoms with van der Waals surface area (Å²) in [5.41, 5.74) is 2.60. The Morgan fingerprint density at radius 3 is 2.47 bits per heavy atom. The third-order valence-electron chi connectivity index (χ3n) is 5.66. The first-order valence-electron chi connectivity index (χ1n) is 11.3. The van der Waals surface area contributed by atoms with E-state index in [1.165, 1.54) is 10.5 Å². The van der Waals surface area contributed by atoms with Crippen molar-refractivity contribution in [2.75, 3.05) is 18.6 Å². The number of ether oxygens (including phenoxy) is 2. The van der Waals surface area contributed by atoms with Crippen LogP contribution in [0.5, 0.6) is 11.5 Å². The maximum absolute atomic E-state index is 13.3. The molecule has 0 aromatic heterocycles. The van der Waals surface area contributed by atoms with E-state index >= 15 is 0 Å². The van der Waals surface area contributed by atoms with E-state index in [1.807, 2.05) is 61.5 Å². The highest BCUT2D eigenvalue weighted by Gasteiger charge is 2.31. The zero-order chi connectivity index (χ0) is 23.9. The molecule has 0 aliphatic carbocycles. The van der Waals surface area contributed by atoms with Gasteiger partial charge < -0.3 is 14.8 Å². The Morgan fingerprint density at radius 1 is 1.03 bits per heavy atom. The second-order valence-electron chi connectivity index (χ2n) is 8.24. The first kappa shape index (κ1) is 23.1. The molecule has 0 saturated carbocycles. The predicted octanol–water partition coefficient (Wildman–Crippen LogP) is 4.60. The van der Waals surface area contributed by atoms with Crippen LogP contribution in [0.3, 0.4) is 0 Å². The lowest BCUT2D eigenvalue weighted by Gasteiger charge is -2.30. The molecule has 0 radical (unpaired) electrons. The molecule has 6 nitrogen and oxygen atoms in total. The molecule has 34 heavy (non-hydrogen) atoms. The van der Waals surface area contributed by atoms with Crippen molar-refractivity contribution < 1.29 is 19.1 Å². The molecule has 174 valence electrons. The average molecular weight is 457 g/mol. The SMILES string of the molecule is COc1ccc(/C=C2/Oc3ccccc3N(CC(=O)NC(C)CCc3ccccc3)C2=O)cc1. The lowest BCUT2D eigenvalue weighted by atomic mass is 10.1. The first-order chi connectivity index (χ1) is 16.5. The number of nitrogens with one attached hydrogen (secondary N) is 1. The van der Waals surface area contributed by atoms with E-state index in [4.69, 9.17) is 9.47 Å². The number of carbonyl (C=O) groups is 2. The van der Waals surface area contributed by atoms with Gasteiger partial charge in [0.05, 0.1) is 12.8 Å². The van der Waals surface area contributed by atoms with Crippen molar-refractivity contribution in [3.8, 4) is 11.5 Å². The van der Waals surface area contributed by atoms with Gasteiger partial charge in [0.25, 0.3) is 5.91 Å². The monoisotopic (exact) mass is 456 g/mol. The summed E-state index contributed by atoms with van der Waals surface area (Å²) in [6.45, 7) is 1.89. The minimum absolute atomic E-state index is 0.0200. The van der Waals surface area contributed by atoms with Crippen molar-refractivity contribution in [3.63, 3.8) is 0 Å². The molecule has 1 heterocycles. The van der Waals surface area contributed by atoms with E-state index in [2.05, 4.69) is 17.4 Å². The van der Waals surface area contributed by atoms with Gasteiger partial charge in [-0.25, -0.2) is 0 Å². The standard InChI is InChI=1S/C28H28N2O4/c1-20(12-13-21-8-4-3-5-9-21)29-27(31)19-30-24-10-6-7-11-25(24)34-26(28(30)32)18-22-14-16-23(33-2)17-15-22/h3-11,14-18,20H,12-13,19H2,1-2H3,(H,29,31)/b26-18+. The van der Waals surface area contributed by atoms with Crippen molar-refractivity contribution >= 4 is 23.6 Å². The minimum Gasteiger partial charge on any atom is -0.497 e. The van der Waals surface area contributed by atoms with Gasteiger partial charge in [0, 0.05) is 6.04 Å². The molecule has 1 atom stereocenters. The number of aryl methyl sites for hydroxylation is 1. The first-order valence-corrected chi connectivity index (χ1v) is 11.3. The van der Waals surface area contributed by atoms with Gasteiger partial charge in [0.2, 0.25) is 5.91 Å². The molecule has 2 amide bonds. The summed E-state index contributed by atoms with van der Waals surface area (Å²) >= 11 is 0. The van der Waals surface area contributed by atoms with E-state index in [0.29, 0.717) is 11.4 Å². The Morgan fingerprint density at radius 2 is 1.74 bits per heavy atom. The maximum atomic E-state index is 13.3. The summed E-state index contributed by atoms with van der Waals surface area (Å²) in [7, 11) is 1.60. The summed E-state index contributed by atoms with van der Waals surface area (Å²) in [5.74, 6) is 0.847. The van der Waals surface area contributed by atoms with Gasteiger partial charge in [-0.3, -0.25) is 14.5 Å². The van der Waals surface area contributed by atoms with Crippen LogP contribution in [0.2, 0.25) is 0 Å². The number of para-hydroxylation sites is 2. The molecular formula is C28H28N2O4. The number of nitrogens with zero attached hydrogens (tertiary/aromatic N) is 1. The van der Waals surface area contributed by atoms with E-state index in [-0.39, 0.29) is 30.2 Å². The van der Waals surface area contributed by atoms with Crippen LogP contribution in [0, 0.1) is 0 Å². The molecule has 4 rings (SSSR count). The van der Waals surface area contributed by atoms with Gasteiger partial charge >= 0.3 is 0 Å². The fourth-order valence-electron chi connectivity index (χ4n) is 3.83. The molecule has 1 N–H and O–H groups in total. The number of anilines is 1. The number of amides is 2. The zero-order valence-electron chi connectivity index (χ0n) is 19.4. The van der Waals surface area contributed by atoms with Gasteiger partial charge in [-0.2, -0.15) is 0 Å². The molecule has 3 aromatic carbocycles. The third kappa shape index (κ3) is 5.64. The number of fused-ring (bicyclic) bond motifs is 1. The van der Waals surface area contributed by atoms with Gasteiger partial charge in [0.1, 0.15) is 12.3 Å². The van der Waals surface area contributed by atoms with Gasteiger partial charge in [-0.1, -0.05) is 54.6 Å². The Kier molecular flexibility index (Phi) is 7.28. The second kappa shape index (κ2) is 10.7. The number of rotatable bonds is 8. The van der Waals surface area contributed by atoms with E-state index in [1.54, 1.807) is 25.3 Å². The Balaban J connectivity index is 1.46. The average Bonchev–Trinajstić information content (AvgIpc) is 2.86. The Hall–Kier alpha value is -4.06. The molecule has 0 bridgehead atoms. The number of hydrogen-bond acceptors (Lipinski definition) is 4. The summed E-state index contributed by atoms with van der Waals surface area (Å²) in [5, 5.41) is 3.02. The van der Waals surface area contributed by atoms with Gasteiger partial charge in [-0.15, -0.1) is 0 Å². The fourth-order valence-corrected chi connectivity index (χ4v) is 3.83. The third-order valence-corrected chi connectivity index (χ3v) is 5.66. The number of carbonyl (C=O) groups excluding carboxylic acids is 2. The van der Waals surface area contributed by atoms with Crippen molar-refractivity contribution in [2.24, 2.45) is 0 Å². The molecule has 0 saturated heterocycles. The van der Waals surface area contributed by atoms with Crippen LogP contribution in [0.15, 0.2) is 84.6 Å². The van der Waals surface area contributed by atoms with Crippen LogP contribution in [-0.2, 0) is 16.0 Å². The number of hydrogen-bond donors (Lipinski definition) is 1. The summed E-state index contributed by atoms with van der Waals surface area (Å²) < 4.78 is 11.1. The van der Waals surface area contributed by atoms with Crippen LogP contribution in [0.25, 0.3) is 6.08 Å². The fraction of sp³-hybridized carbons (Fsp3) is 0.214. The molecule has 1 aliphatic heterocycles. The molecule has 1 unspecified atom stereocenters. The quantitative estimate of drug-likeness (QED) is 0.503. The van der Waals surface area contributed by atoms with Crippen molar-refractivity contribution in [3.05, 3.63) is 95.7 Å². The lowest BCUT2D eigenvalue weighted by molar-refractivity contribution is -0.123. The normalized spacial score (nSPS) is 14.8. The topological polar surface area (TPSA) is 67.9 Å². The van der Waals surface area contributed by atoms with Crippen LogP contribution in [0.1, 0.15) is 24.5 Å². The second-order valence-corrected chi connectivity index (χ2v) is 8.24. The highest BCUT2D eigenvalue weighted by molar-refractivity contribution is 6.12. The van der Waals surface area contributed by atoms with E-state index in [0.717, 1.165) is 24.2 Å². The van der Waals surface area contributed by atoms with Crippen LogP contribution < -0.4 is 19.7 Å². The maximum Gasteiger partial charge on any atom is 0.294 e. The van der Waals surface area contributed by atoms with Crippen LogP contribution in [-0.4, -0.2) is 31.5 Å². The zero-order valence-corrected chi connectivity index (χ0v) is 19.4. The predicted molar refractivity (Wildman–Crippen MR) is 133 cm³/mol. The van der Waals surface area contributed by atoms with Crippen LogP contribution in [0.4, 0.5) is 5.69 Å². The lowest BCUT2D eigenvalue weighted by Crippen LogP contribution is -2.46. The van der Waals surface area contributed by atoms with Crippen molar-refractivity contribution in [1.82, 2.24) is 5.32 Å². The van der Waals surface area contributed by atoms with Crippen LogP contribution >= 0.6 is 0 Å².